The summed E-state index contributed by atoms with van der Waals surface area (Å²) in [5.41, 5.74) is -0.0371. The number of aliphatic hydroxyl groups is 1. The lowest BCUT2D eigenvalue weighted by Gasteiger charge is -2.18. The summed E-state index contributed by atoms with van der Waals surface area (Å²) < 4.78 is 44.4. The molecule has 2 aromatic carbocycles. The molecule has 1 aromatic heterocycles. The standard InChI is InChI=1S/C23H25FN2O5S.FH/c1-15-5-8-17(13-20(15)24)26-22(27)21(31-12-11-23(2,3)28)19(14-25-26)16-6-9-18(10-7-16)32(4,29)30;/h5-10,13-14,28H,11-12H2,1-4H3;1H. The van der Waals surface area contributed by atoms with Crippen LogP contribution in [0.1, 0.15) is 25.8 Å². The number of ether oxygens (including phenoxy) is 1. The molecule has 3 aromatic rings. The van der Waals surface area contributed by atoms with Crippen molar-refractivity contribution >= 4 is 9.84 Å². The molecule has 33 heavy (non-hydrogen) atoms. The Morgan fingerprint density at radius 1 is 1.15 bits per heavy atom. The number of hydrogen-bond donors (Lipinski definition) is 1. The van der Waals surface area contributed by atoms with Crippen LogP contribution in [0, 0.1) is 12.7 Å². The number of hydrogen-bond acceptors (Lipinski definition) is 6. The van der Waals surface area contributed by atoms with Crippen LogP contribution in [0.25, 0.3) is 16.8 Å². The van der Waals surface area contributed by atoms with Gasteiger partial charge in [0.05, 0.1) is 29.0 Å². The van der Waals surface area contributed by atoms with Crippen molar-refractivity contribution in [2.24, 2.45) is 0 Å². The molecule has 0 saturated carbocycles. The number of rotatable bonds is 7. The van der Waals surface area contributed by atoms with Gasteiger partial charge in [0.25, 0.3) is 0 Å². The quantitative estimate of drug-likeness (QED) is 0.556. The summed E-state index contributed by atoms with van der Waals surface area (Å²) in [7, 11) is -3.38. The Morgan fingerprint density at radius 3 is 2.33 bits per heavy atom. The maximum absolute atomic E-state index is 14.1. The van der Waals surface area contributed by atoms with Crippen molar-refractivity contribution < 1.29 is 27.4 Å². The fourth-order valence-corrected chi connectivity index (χ4v) is 3.60. The topological polar surface area (TPSA) is 98.5 Å². The van der Waals surface area contributed by atoms with E-state index in [1.165, 1.54) is 24.4 Å². The average Bonchev–Trinajstić information content (AvgIpc) is 2.70. The Labute approximate surface area is 190 Å². The highest BCUT2D eigenvalue weighted by Gasteiger charge is 2.19. The number of nitrogens with zero attached hydrogens (tertiary/aromatic N) is 2. The van der Waals surface area contributed by atoms with Gasteiger partial charge in [-0.05, 0) is 56.2 Å². The van der Waals surface area contributed by atoms with Gasteiger partial charge in [-0.2, -0.15) is 9.78 Å². The molecule has 0 aliphatic rings. The molecule has 0 bridgehead atoms. The Balaban J connectivity index is 0.00000385. The molecule has 0 saturated heterocycles. The molecule has 3 rings (SSSR count). The minimum absolute atomic E-state index is 0. The SMILES string of the molecule is Cc1ccc(-n2ncc(-c3ccc(S(C)(=O)=O)cc3)c(OCCC(C)(C)O)c2=O)cc1F.F. The van der Waals surface area contributed by atoms with E-state index in [9.17, 15) is 22.7 Å². The predicted octanol–water partition coefficient (Wildman–Crippen LogP) is 3.44. The lowest BCUT2D eigenvalue weighted by atomic mass is 10.1. The van der Waals surface area contributed by atoms with Gasteiger partial charge < -0.3 is 9.84 Å². The van der Waals surface area contributed by atoms with E-state index < -0.39 is 26.8 Å². The van der Waals surface area contributed by atoms with E-state index in [2.05, 4.69) is 5.10 Å². The minimum Gasteiger partial charge on any atom is -0.487 e. The van der Waals surface area contributed by atoms with E-state index in [1.54, 1.807) is 45.0 Å². The van der Waals surface area contributed by atoms with Crippen molar-refractivity contribution in [2.75, 3.05) is 12.9 Å². The lowest BCUT2D eigenvalue weighted by molar-refractivity contribution is 0.0551. The van der Waals surface area contributed by atoms with E-state index >= 15 is 0 Å². The van der Waals surface area contributed by atoms with Gasteiger partial charge in [0.1, 0.15) is 5.82 Å². The Morgan fingerprint density at radius 2 is 1.79 bits per heavy atom. The van der Waals surface area contributed by atoms with Crippen LogP contribution < -0.4 is 10.3 Å². The first-order valence-electron chi connectivity index (χ1n) is 9.91. The summed E-state index contributed by atoms with van der Waals surface area (Å²) in [5, 5.41) is 14.1. The highest BCUT2D eigenvalue weighted by atomic mass is 32.2. The van der Waals surface area contributed by atoms with Gasteiger partial charge in [-0.15, -0.1) is 0 Å². The lowest BCUT2D eigenvalue weighted by Crippen LogP contribution is -2.26. The number of aromatic nitrogens is 2. The molecule has 0 amide bonds. The largest absolute Gasteiger partial charge is 0.487 e. The second kappa shape index (κ2) is 9.80. The maximum Gasteiger partial charge on any atom is 0.314 e. The van der Waals surface area contributed by atoms with Gasteiger partial charge >= 0.3 is 5.56 Å². The van der Waals surface area contributed by atoms with Gasteiger partial charge in [-0.25, -0.2) is 12.8 Å². The Bertz CT molecular complexity index is 1300. The molecule has 178 valence electrons. The molecular formula is C23H26F2N2O5S. The predicted molar refractivity (Wildman–Crippen MR) is 122 cm³/mol. The van der Waals surface area contributed by atoms with Crippen LogP contribution >= 0.6 is 0 Å². The molecule has 0 spiro atoms. The summed E-state index contributed by atoms with van der Waals surface area (Å²) in [6, 6.07) is 10.3. The van der Waals surface area contributed by atoms with Crippen LogP contribution in [0.5, 0.6) is 5.75 Å². The maximum atomic E-state index is 14.1. The van der Waals surface area contributed by atoms with Crippen molar-refractivity contribution in [1.29, 1.82) is 0 Å². The van der Waals surface area contributed by atoms with Crippen LogP contribution in [-0.4, -0.2) is 41.8 Å². The van der Waals surface area contributed by atoms with E-state index in [4.69, 9.17) is 4.74 Å². The second-order valence-electron chi connectivity index (χ2n) is 8.25. The summed E-state index contributed by atoms with van der Waals surface area (Å²) >= 11 is 0. The summed E-state index contributed by atoms with van der Waals surface area (Å²) in [4.78, 5) is 13.4. The number of benzene rings is 2. The van der Waals surface area contributed by atoms with Crippen molar-refractivity contribution in [3.05, 3.63) is 70.4 Å². The van der Waals surface area contributed by atoms with Gasteiger partial charge in [0.15, 0.2) is 15.6 Å². The fourth-order valence-electron chi connectivity index (χ4n) is 2.97. The highest BCUT2D eigenvalue weighted by Crippen LogP contribution is 2.28. The zero-order valence-electron chi connectivity index (χ0n) is 18.7. The number of sulfone groups is 1. The van der Waals surface area contributed by atoms with Crippen molar-refractivity contribution in [3.8, 4) is 22.6 Å². The number of aryl methyl sites for hydroxylation is 1. The van der Waals surface area contributed by atoms with Crippen molar-refractivity contribution in [3.63, 3.8) is 0 Å². The van der Waals surface area contributed by atoms with E-state index in [0.717, 1.165) is 10.9 Å². The first-order valence-corrected chi connectivity index (χ1v) is 11.8. The van der Waals surface area contributed by atoms with E-state index in [-0.39, 0.29) is 34.1 Å². The minimum atomic E-state index is -3.38. The molecular weight excluding hydrogens is 454 g/mol. The molecule has 0 radical (unpaired) electrons. The normalized spacial score (nSPS) is 11.7. The molecule has 1 heterocycles. The molecule has 10 heteroatoms. The van der Waals surface area contributed by atoms with Crippen molar-refractivity contribution in [1.82, 2.24) is 9.78 Å². The van der Waals surface area contributed by atoms with Crippen LogP contribution in [0.2, 0.25) is 0 Å². The molecule has 0 aliphatic carbocycles. The van der Waals surface area contributed by atoms with Crippen molar-refractivity contribution in [2.45, 2.75) is 37.7 Å². The molecule has 7 nitrogen and oxygen atoms in total. The van der Waals surface area contributed by atoms with Crippen LogP contribution in [0.4, 0.5) is 9.09 Å². The van der Waals surface area contributed by atoms with E-state index in [0.29, 0.717) is 16.7 Å². The molecule has 0 unspecified atom stereocenters. The third-order valence-corrected chi connectivity index (χ3v) is 6.02. The Kier molecular flexibility index (Phi) is 7.76. The Hall–Kier alpha value is -3.11. The molecule has 0 aliphatic heterocycles. The third kappa shape index (κ3) is 6.23. The zero-order valence-corrected chi connectivity index (χ0v) is 19.5. The highest BCUT2D eigenvalue weighted by molar-refractivity contribution is 7.90. The van der Waals surface area contributed by atoms with Gasteiger partial charge in [0.2, 0.25) is 0 Å². The smallest absolute Gasteiger partial charge is 0.314 e. The fraction of sp³-hybridized carbons (Fsp3) is 0.304. The van der Waals surface area contributed by atoms with Gasteiger partial charge in [-0.1, -0.05) is 18.2 Å². The molecule has 1 N–H and O–H groups in total. The summed E-state index contributed by atoms with van der Waals surface area (Å²) in [5.74, 6) is -0.501. The number of halogens is 2. The van der Waals surface area contributed by atoms with Crippen LogP contribution in [0.3, 0.4) is 0 Å². The zero-order chi connectivity index (χ0) is 23.7. The molecule has 0 fully saturated rings. The third-order valence-electron chi connectivity index (χ3n) is 4.89. The first-order chi connectivity index (χ1) is 14.9. The first kappa shape index (κ1) is 26.1. The second-order valence-corrected chi connectivity index (χ2v) is 10.3. The van der Waals surface area contributed by atoms with Crippen LogP contribution in [0.15, 0.2) is 58.4 Å². The van der Waals surface area contributed by atoms with E-state index in [1.807, 2.05) is 0 Å². The van der Waals surface area contributed by atoms with Crippen LogP contribution in [-0.2, 0) is 9.84 Å². The van der Waals surface area contributed by atoms with Gasteiger partial charge in [-0.3, -0.25) is 9.50 Å². The summed E-state index contributed by atoms with van der Waals surface area (Å²) in [6.45, 7) is 4.92. The molecule has 0 atom stereocenters. The van der Waals surface area contributed by atoms with Gasteiger partial charge in [0, 0.05) is 18.2 Å². The summed E-state index contributed by atoms with van der Waals surface area (Å²) in [6.07, 6.45) is 2.78. The monoisotopic (exact) mass is 480 g/mol. The average molecular weight is 481 g/mol.